The molecule has 0 aliphatic rings. The first-order valence-corrected chi connectivity index (χ1v) is 9.73. The molecule has 0 aromatic heterocycles. The molecule has 0 amide bonds. The molecule has 0 aliphatic carbocycles. The Kier molecular flexibility index (Phi) is 18.3. The van der Waals surface area contributed by atoms with Crippen molar-refractivity contribution < 1.29 is 29.3 Å². The Morgan fingerprint density at radius 1 is 0.520 bits per heavy atom. The van der Waals surface area contributed by atoms with Crippen LogP contribution in [-0.2, 0) is 19.1 Å². The second-order valence-electron chi connectivity index (χ2n) is 6.28. The quantitative estimate of drug-likeness (QED) is 0.288. The Bertz CT molecular complexity index is 289. The standard InChI is InChI=1S/C19H36O6/c20-14-8-6-12-18(22)24-16-10-4-2-1-3-5-11-17-25-19(23)13-7-9-15-21/h20-21H,1-17H2. The Morgan fingerprint density at radius 3 is 1.24 bits per heavy atom. The van der Waals surface area contributed by atoms with Crippen molar-refractivity contribution in [1.29, 1.82) is 0 Å². The van der Waals surface area contributed by atoms with Gasteiger partial charge in [0.15, 0.2) is 0 Å². The van der Waals surface area contributed by atoms with Gasteiger partial charge in [-0.15, -0.1) is 0 Å². The molecule has 0 atom stereocenters. The molecule has 6 heteroatoms. The van der Waals surface area contributed by atoms with Crippen molar-refractivity contribution in [2.45, 2.75) is 83.5 Å². The van der Waals surface area contributed by atoms with Crippen molar-refractivity contribution in [2.24, 2.45) is 0 Å². The van der Waals surface area contributed by atoms with Gasteiger partial charge in [-0.3, -0.25) is 9.59 Å². The normalized spacial score (nSPS) is 10.6. The number of ether oxygens (including phenoxy) is 2. The number of aliphatic hydroxyl groups excluding tert-OH is 2. The van der Waals surface area contributed by atoms with E-state index in [4.69, 9.17) is 19.7 Å². The molecule has 0 spiro atoms. The van der Waals surface area contributed by atoms with Crippen molar-refractivity contribution in [3.8, 4) is 0 Å². The molecule has 0 fully saturated rings. The number of carbonyl (C=O) groups is 2. The van der Waals surface area contributed by atoms with Crippen LogP contribution < -0.4 is 0 Å². The van der Waals surface area contributed by atoms with Crippen LogP contribution in [0.4, 0.5) is 0 Å². The van der Waals surface area contributed by atoms with Crippen LogP contribution in [0.5, 0.6) is 0 Å². The predicted molar refractivity (Wildman–Crippen MR) is 96.1 cm³/mol. The van der Waals surface area contributed by atoms with Crippen LogP contribution in [-0.4, -0.2) is 48.6 Å². The molecule has 0 heterocycles. The van der Waals surface area contributed by atoms with E-state index < -0.39 is 0 Å². The molecule has 2 N–H and O–H groups in total. The lowest BCUT2D eigenvalue weighted by atomic mass is 10.1. The highest BCUT2D eigenvalue weighted by molar-refractivity contribution is 5.69. The highest BCUT2D eigenvalue weighted by Crippen LogP contribution is 2.08. The molecule has 148 valence electrons. The number of unbranched alkanes of at least 4 members (excludes halogenated alkanes) is 8. The van der Waals surface area contributed by atoms with Crippen LogP contribution in [0.3, 0.4) is 0 Å². The fourth-order valence-corrected chi connectivity index (χ4v) is 2.37. The number of hydrogen-bond acceptors (Lipinski definition) is 6. The predicted octanol–water partition coefficient (Wildman–Crippen LogP) is 3.13. The second-order valence-corrected chi connectivity index (χ2v) is 6.28. The van der Waals surface area contributed by atoms with Crippen LogP contribution in [0.2, 0.25) is 0 Å². The smallest absolute Gasteiger partial charge is 0.305 e. The van der Waals surface area contributed by atoms with Crippen LogP contribution in [0, 0.1) is 0 Å². The molecular formula is C19H36O6. The van der Waals surface area contributed by atoms with Gasteiger partial charge < -0.3 is 19.7 Å². The van der Waals surface area contributed by atoms with Gasteiger partial charge in [0, 0.05) is 26.1 Å². The highest BCUT2D eigenvalue weighted by Gasteiger charge is 2.03. The summed E-state index contributed by atoms with van der Waals surface area (Å²) in [4.78, 5) is 22.6. The SMILES string of the molecule is O=C(CCCCO)OCCCCCCCCCOC(=O)CCCCO. The molecule has 6 nitrogen and oxygen atoms in total. The third-order valence-corrected chi connectivity index (χ3v) is 3.89. The summed E-state index contributed by atoms with van der Waals surface area (Å²) in [6.45, 7) is 1.23. The van der Waals surface area contributed by atoms with Gasteiger partial charge in [-0.2, -0.15) is 0 Å². The van der Waals surface area contributed by atoms with Crippen molar-refractivity contribution in [3.05, 3.63) is 0 Å². The van der Waals surface area contributed by atoms with Gasteiger partial charge in [-0.1, -0.05) is 32.1 Å². The van der Waals surface area contributed by atoms with Gasteiger partial charge in [0.2, 0.25) is 0 Å². The lowest BCUT2D eigenvalue weighted by Crippen LogP contribution is -2.06. The van der Waals surface area contributed by atoms with Crippen molar-refractivity contribution in [2.75, 3.05) is 26.4 Å². The molecule has 0 aromatic carbocycles. The van der Waals surface area contributed by atoms with Gasteiger partial charge >= 0.3 is 11.9 Å². The molecule has 0 aromatic rings. The van der Waals surface area contributed by atoms with E-state index in [1.54, 1.807) is 0 Å². The van der Waals surface area contributed by atoms with Gasteiger partial charge in [0.25, 0.3) is 0 Å². The minimum absolute atomic E-state index is 0.125. The van der Waals surface area contributed by atoms with Gasteiger partial charge in [-0.05, 0) is 38.5 Å². The average Bonchev–Trinajstić information content (AvgIpc) is 2.60. The van der Waals surface area contributed by atoms with Crippen LogP contribution in [0.1, 0.15) is 83.5 Å². The van der Waals surface area contributed by atoms with Crippen molar-refractivity contribution >= 4 is 11.9 Å². The van der Waals surface area contributed by atoms with E-state index in [1.165, 1.54) is 0 Å². The number of esters is 2. The zero-order chi connectivity index (χ0) is 18.6. The number of hydrogen-bond donors (Lipinski definition) is 2. The minimum atomic E-state index is -0.167. The fourth-order valence-electron chi connectivity index (χ4n) is 2.37. The molecule has 0 aliphatic heterocycles. The minimum Gasteiger partial charge on any atom is -0.466 e. The summed E-state index contributed by atoms with van der Waals surface area (Å²) < 4.78 is 10.2. The second kappa shape index (κ2) is 19.2. The Morgan fingerprint density at radius 2 is 0.880 bits per heavy atom. The molecule has 0 saturated heterocycles. The summed E-state index contributed by atoms with van der Waals surface area (Å²) >= 11 is 0. The van der Waals surface area contributed by atoms with E-state index in [0.29, 0.717) is 51.7 Å². The van der Waals surface area contributed by atoms with E-state index >= 15 is 0 Å². The zero-order valence-corrected chi connectivity index (χ0v) is 15.5. The van der Waals surface area contributed by atoms with Crippen LogP contribution in [0.25, 0.3) is 0 Å². The molecule has 0 saturated carbocycles. The summed E-state index contributed by atoms with van der Waals surface area (Å²) in [5, 5.41) is 17.3. The third kappa shape index (κ3) is 19.0. The number of carbonyl (C=O) groups excluding carboxylic acids is 2. The monoisotopic (exact) mass is 360 g/mol. The first-order valence-electron chi connectivity index (χ1n) is 9.73. The fraction of sp³-hybridized carbons (Fsp3) is 0.895. The maximum absolute atomic E-state index is 11.3. The molecule has 0 radical (unpaired) electrons. The topological polar surface area (TPSA) is 93.1 Å². The van der Waals surface area contributed by atoms with Crippen molar-refractivity contribution in [1.82, 2.24) is 0 Å². The van der Waals surface area contributed by atoms with E-state index in [2.05, 4.69) is 0 Å². The molecule has 0 rings (SSSR count). The van der Waals surface area contributed by atoms with Gasteiger partial charge in [-0.25, -0.2) is 0 Å². The summed E-state index contributed by atoms with van der Waals surface area (Å²) in [7, 11) is 0. The Balaban J connectivity index is 3.18. The van der Waals surface area contributed by atoms with Crippen molar-refractivity contribution in [3.63, 3.8) is 0 Å². The molecular weight excluding hydrogens is 324 g/mol. The van der Waals surface area contributed by atoms with E-state index in [9.17, 15) is 9.59 Å². The number of aliphatic hydroxyl groups is 2. The van der Waals surface area contributed by atoms with Gasteiger partial charge in [0.1, 0.15) is 0 Å². The Labute approximate surface area is 151 Å². The first-order chi connectivity index (χ1) is 12.2. The number of rotatable bonds is 18. The maximum atomic E-state index is 11.3. The average molecular weight is 360 g/mol. The summed E-state index contributed by atoms with van der Waals surface area (Å²) in [6, 6.07) is 0. The largest absolute Gasteiger partial charge is 0.466 e. The molecule has 0 bridgehead atoms. The van der Waals surface area contributed by atoms with Crippen LogP contribution >= 0.6 is 0 Å². The summed E-state index contributed by atoms with van der Waals surface area (Å²) in [5.41, 5.74) is 0. The van der Waals surface area contributed by atoms with E-state index in [1.807, 2.05) is 0 Å². The maximum Gasteiger partial charge on any atom is 0.305 e. The Hall–Kier alpha value is -1.14. The summed E-state index contributed by atoms with van der Waals surface area (Å²) in [6.07, 6.45) is 10.8. The first kappa shape index (κ1) is 23.9. The highest BCUT2D eigenvalue weighted by atomic mass is 16.5. The molecule has 25 heavy (non-hydrogen) atoms. The lowest BCUT2D eigenvalue weighted by Gasteiger charge is -2.06. The third-order valence-electron chi connectivity index (χ3n) is 3.89. The zero-order valence-electron chi connectivity index (χ0n) is 15.5. The molecule has 0 unspecified atom stereocenters. The van der Waals surface area contributed by atoms with E-state index in [-0.39, 0.29) is 25.2 Å². The summed E-state index contributed by atoms with van der Waals surface area (Å²) in [5.74, 6) is -0.335. The van der Waals surface area contributed by atoms with E-state index in [0.717, 1.165) is 44.9 Å². The lowest BCUT2D eigenvalue weighted by molar-refractivity contribution is -0.144. The van der Waals surface area contributed by atoms with Crippen LogP contribution in [0.15, 0.2) is 0 Å². The van der Waals surface area contributed by atoms with Gasteiger partial charge in [0.05, 0.1) is 13.2 Å².